The summed E-state index contributed by atoms with van der Waals surface area (Å²) in [6.45, 7) is 16.0. The van der Waals surface area contributed by atoms with Gasteiger partial charge in [-0.1, -0.05) is 73.1 Å². The molecule has 0 aromatic carbocycles. The predicted molar refractivity (Wildman–Crippen MR) is 96.3 cm³/mol. The maximum absolute atomic E-state index is 11.0. The number of hydrogen-bond acceptors (Lipinski definition) is 2. The summed E-state index contributed by atoms with van der Waals surface area (Å²) in [4.78, 5) is 11.0. The van der Waals surface area contributed by atoms with Crippen LogP contribution >= 0.6 is 0 Å². The number of carbonyl (C=O) groups excluding carboxylic acids is 1. The van der Waals surface area contributed by atoms with Crippen LogP contribution in [0.15, 0.2) is 0 Å². The summed E-state index contributed by atoms with van der Waals surface area (Å²) < 4.78 is 5.47. The molecule has 0 radical (unpaired) electrons. The summed E-state index contributed by atoms with van der Waals surface area (Å²) in [5, 5.41) is 0. The lowest BCUT2D eigenvalue weighted by molar-refractivity contribution is -0.127. The first kappa shape index (κ1) is 21.6. The number of hydrogen-bond donors (Lipinski definition) is 0. The minimum Gasteiger partial charge on any atom is -0.371 e. The van der Waals surface area contributed by atoms with Crippen LogP contribution in [0.2, 0.25) is 0 Å². The Morgan fingerprint density at radius 1 is 0.864 bits per heavy atom. The predicted octanol–water partition coefficient (Wildman–Crippen LogP) is 6.17. The molecular weight excluding hydrogens is 272 g/mol. The maximum Gasteiger partial charge on any atom is 0.158 e. The van der Waals surface area contributed by atoms with Gasteiger partial charge in [0.1, 0.15) is 6.10 Å². The van der Waals surface area contributed by atoms with Gasteiger partial charge in [-0.2, -0.15) is 0 Å². The first-order valence-electron chi connectivity index (χ1n) is 9.20. The van der Waals surface area contributed by atoms with Gasteiger partial charge < -0.3 is 4.74 Å². The molecule has 0 saturated heterocycles. The summed E-state index contributed by atoms with van der Waals surface area (Å²) in [6, 6.07) is 0. The van der Waals surface area contributed by atoms with E-state index in [1.165, 1.54) is 44.9 Å². The van der Waals surface area contributed by atoms with Crippen LogP contribution in [0.1, 0.15) is 99.8 Å². The van der Waals surface area contributed by atoms with Crippen molar-refractivity contribution in [1.29, 1.82) is 0 Å². The molecule has 0 spiro atoms. The van der Waals surface area contributed by atoms with Crippen LogP contribution in [0.4, 0.5) is 0 Å². The third-order valence-electron chi connectivity index (χ3n) is 5.42. The normalized spacial score (nSPS) is 14.1. The van der Waals surface area contributed by atoms with Crippen LogP contribution in [-0.2, 0) is 9.53 Å². The molecule has 1 atom stereocenters. The van der Waals surface area contributed by atoms with E-state index < -0.39 is 0 Å². The van der Waals surface area contributed by atoms with E-state index >= 15 is 0 Å². The average Bonchev–Trinajstić information content (AvgIpc) is 2.39. The Balaban J connectivity index is 3.43. The molecule has 2 heteroatoms. The van der Waals surface area contributed by atoms with Crippen LogP contribution in [0, 0.1) is 10.8 Å². The van der Waals surface area contributed by atoms with E-state index in [1.54, 1.807) is 6.92 Å². The Bertz CT molecular complexity index is 299. The van der Waals surface area contributed by atoms with Crippen molar-refractivity contribution in [3.05, 3.63) is 0 Å². The van der Waals surface area contributed by atoms with Gasteiger partial charge in [0.25, 0.3) is 0 Å². The van der Waals surface area contributed by atoms with E-state index in [0.717, 1.165) is 13.0 Å². The smallest absolute Gasteiger partial charge is 0.158 e. The van der Waals surface area contributed by atoms with E-state index in [-0.39, 0.29) is 11.9 Å². The first-order chi connectivity index (χ1) is 10.1. The van der Waals surface area contributed by atoms with E-state index in [0.29, 0.717) is 10.8 Å². The summed E-state index contributed by atoms with van der Waals surface area (Å²) >= 11 is 0. The molecule has 0 N–H and O–H groups in total. The molecule has 1 unspecified atom stereocenters. The molecule has 2 nitrogen and oxygen atoms in total. The second kappa shape index (κ2) is 10.4. The van der Waals surface area contributed by atoms with Gasteiger partial charge >= 0.3 is 0 Å². The Morgan fingerprint density at radius 2 is 1.32 bits per heavy atom. The van der Waals surface area contributed by atoms with Gasteiger partial charge in [-0.05, 0) is 37.5 Å². The zero-order valence-electron chi connectivity index (χ0n) is 16.3. The fourth-order valence-corrected chi connectivity index (χ4v) is 2.31. The molecule has 0 aliphatic heterocycles. The Morgan fingerprint density at radius 3 is 1.77 bits per heavy atom. The SMILES string of the molecule is CC(=O)C(C)OCCCCCCCCCC(C)(C)C(C)(C)C. The Hall–Kier alpha value is -0.370. The lowest BCUT2D eigenvalue weighted by Gasteiger charge is -2.39. The highest BCUT2D eigenvalue weighted by Gasteiger charge is 2.31. The second-order valence-electron chi connectivity index (χ2n) is 8.48. The molecule has 0 saturated carbocycles. The van der Waals surface area contributed by atoms with Crippen molar-refractivity contribution in [1.82, 2.24) is 0 Å². The molecule has 22 heavy (non-hydrogen) atoms. The molecule has 0 aliphatic carbocycles. The number of unbranched alkanes of at least 4 members (excludes halogenated alkanes) is 6. The van der Waals surface area contributed by atoms with Crippen LogP contribution < -0.4 is 0 Å². The van der Waals surface area contributed by atoms with Crippen LogP contribution in [0.25, 0.3) is 0 Å². The Labute approximate surface area is 139 Å². The number of rotatable bonds is 12. The molecule has 0 fully saturated rings. The van der Waals surface area contributed by atoms with Crippen LogP contribution in [0.3, 0.4) is 0 Å². The summed E-state index contributed by atoms with van der Waals surface area (Å²) in [5.74, 6) is 0.123. The molecular formula is C20H40O2. The number of Topliss-reactive ketones (excluding diaryl/α,β-unsaturated/α-hetero) is 1. The van der Waals surface area contributed by atoms with E-state index in [4.69, 9.17) is 4.74 Å². The van der Waals surface area contributed by atoms with Crippen LogP contribution in [0.5, 0.6) is 0 Å². The zero-order valence-corrected chi connectivity index (χ0v) is 16.3. The van der Waals surface area contributed by atoms with Gasteiger partial charge in [0.2, 0.25) is 0 Å². The zero-order chi connectivity index (χ0) is 17.2. The van der Waals surface area contributed by atoms with Crippen molar-refractivity contribution in [3.8, 4) is 0 Å². The summed E-state index contributed by atoms with van der Waals surface area (Å²) in [5.41, 5.74) is 0.821. The van der Waals surface area contributed by atoms with E-state index in [9.17, 15) is 4.79 Å². The summed E-state index contributed by atoms with van der Waals surface area (Å²) in [6.07, 6.45) is 10.1. The van der Waals surface area contributed by atoms with Gasteiger partial charge in [-0.25, -0.2) is 0 Å². The van der Waals surface area contributed by atoms with Gasteiger partial charge in [0.05, 0.1) is 0 Å². The van der Waals surface area contributed by atoms with Crippen molar-refractivity contribution in [2.24, 2.45) is 10.8 Å². The number of ketones is 1. The van der Waals surface area contributed by atoms with Gasteiger partial charge in [-0.15, -0.1) is 0 Å². The van der Waals surface area contributed by atoms with Crippen molar-refractivity contribution in [3.63, 3.8) is 0 Å². The highest BCUT2D eigenvalue weighted by molar-refractivity contribution is 5.79. The molecule has 0 rings (SSSR count). The van der Waals surface area contributed by atoms with Gasteiger partial charge in [-0.3, -0.25) is 4.79 Å². The fourth-order valence-electron chi connectivity index (χ4n) is 2.31. The maximum atomic E-state index is 11.0. The first-order valence-corrected chi connectivity index (χ1v) is 9.20. The monoisotopic (exact) mass is 312 g/mol. The van der Waals surface area contributed by atoms with Crippen molar-refractivity contribution in [2.45, 2.75) is 106 Å². The topological polar surface area (TPSA) is 26.3 Å². The lowest BCUT2D eigenvalue weighted by atomic mass is 9.67. The van der Waals surface area contributed by atoms with E-state index in [2.05, 4.69) is 34.6 Å². The van der Waals surface area contributed by atoms with Crippen molar-refractivity contribution >= 4 is 5.78 Å². The molecule has 0 amide bonds. The van der Waals surface area contributed by atoms with E-state index in [1.807, 2.05) is 6.92 Å². The number of ether oxygens (including phenoxy) is 1. The lowest BCUT2D eigenvalue weighted by Crippen LogP contribution is -2.29. The van der Waals surface area contributed by atoms with Crippen LogP contribution in [-0.4, -0.2) is 18.5 Å². The largest absolute Gasteiger partial charge is 0.371 e. The minimum atomic E-state index is -0.230. The van der Waals surface area contributed by atoms with Crippen molar-refractivity contribution in [2.75, 3.05) is 6.61 Å². The quantitative estimate of drug-likeness (QED) is 0.403. The molecule has 0 bridgehead atoms. The standard InChI is InChI=1S/C20H40O2/c1-17(21)18(2)22-16-14-12-10-8-9-11-13-15-20(6,7)19(3,4)5/h18H,8-16H2,1-7H3. The van der Waals surface area contributed by atoms with Gasteiger partial charge in [0, 0.05) is 6.61 Å². The molecule has 0 aromatic heterocycles. The highest BCUT2D eigenvalue weighted by Crippen LogP contribution is 2.41. The third-order valence-corrected chi connectivity index (χ3v) is 5.42. The molecule has 0 aliphatic rings. The Kier molecular flexibility index (Phi) is 10.2. The summed E-state index contributed by atoms with van der Waals surface area (Å²) in [7, 11) is 0. The molecule has 0 heterocycles. The van der Waals surface area contributed by atoms with Gasteiger partial charge in [0.15, 0.2) is 5.78 Å². The average molecular weight is 313 g/mol. The fraction of sp³-hybridized carbons (Fsp3) is 0.950. The highest BCUT2D eigenvalue weighted by atomic mass is 16.5. The number of carbonyl (C=O) groups is 1. The van der Waals surface area contributed by atoms with Crippen molar-refractivity contribution < 1.29 is 9.53 Å². The molecule has 132 valence electrons. The third kappa shape index (κ3) is 9.61. The minimum absolute atomic E-state index is 0.123. The second-order valence-corrected chi connectivity index (χ2v) is 8.48. The molecule has 0 aromatic rings.